The van der Waals surface area contributed by atoms with E-state index in [4.69, 9.17) is 4.42 Å². The van der Waals surface area contributed by atoms with Crippen molar-refractivity contribution in [2.45, 2.75) is 13.0 Å². The topological polar surface area (TPSA) is 60.1 Å². The number of hydrogen-bond acceptors (Lipinski definition) is 3. The molecule has 5 nitrogen and oxygen atoms in total. The van der Waals surface area contributed by atoms with Crippen molar-refractivity contribution >= 4 is 5.91 Å². The van der Waals surface area contributed by atoms with Crippen LogP contribution in [0.15, 0.2) is 83.5 Å². The molecular formula is C22H18FN3O2. The van der Waals surface area contributed by atoms with Gasteiger partial charge in [0, 0.05) is 5.69 Å². The lowest BCUT2D eigenvalue weighted by molar-refractivity contribution is 0.0933. The first-order valence-electron chi connectivity index (χ1n) is 8.83. The Kier molecular flexibility index (Phi) is 4.76. The smallest absolute Gasteiger partial charge is 0.272 e. The zero-order valence-electron chi connectivity index (χ0n) is 15.2. The van der Waals surface area contributed by atoms with Crippen molar-refractivity contribution in [1.29, 1.82) is 0 Å². The second-order valence-corrected chi connectivity index (χ2v) is 6.40. The molecule has 140 valence electrons. The van der Waals surface area contributed by atoms with Crippen LogP contribution >= 0.6 is 0 Å². The number of carbonyl (C=O) groups excluding carboxylic acids is 1. The third-order valence-electron chi connectivity index (χ3n) is 4.41. The van der Waals surface area contributed by atoms with Crippen LogP contribution in [0, 0.1) is 12.7 Å². The molecule has 0 saturated heterocycles. The molecule has 0 bridgehead atoms. The first-order valence-corrected chi connectivity index (χ1v) is 8.83. The standard InChI is InChI=1S/C22H18FN3O2/c1-15-13-19(25-26(15)18-10-5-9-17(23)14-18)22(27)24-21(20-11-6-12-28-20)16-7-3-2-4-8-16/h2-14,21H,1H3,(H,24,27). The van der Waals surface area contributed by atoms with Gasteiger partial charge in [-0.1, -0.05) is 36.4 Å². The minimum absolute atomic E-state index is 0.245. The van der Waals surface area contributed by atoms with Crippen molar-refractivity contribution < 1.29 is 13.6 Å². The molecule has 2 heterocycles. The predicted octanol–water partition coefficient (Wildman–Crippen LogP) is 4.43. The molecule has 0 radical (unpaired) electrons. The number of halogens is 1. The van der Waals surface area contributed by atoms with Crippen LogP contribution in [-0.4, -0.2) is 15.7 Å². The second-order valence-electron chi connectivity index (χ2n) is 6.40. The Hall–Kier alpha value is -3.67. The number of nitrogens with one attached hydrogen (secondary N) is 1. The molecule has 0 saturated carbocycles. The van der Waals surface area contributed by atoms with Crippen LogP contribution in [0.1, 0.15) is 33.5 Å². The lowest BCUT2D eigenvalue weighted by Crippen LogP contribution is -2.29. The van der Waals surface area contributed by atoms with Gasteiger partial charge < -0.3 is 9.73 Å². The molecule has 0 aliphatic heterocycles. The van der Waals surface area contributed by atoms with Gasteiger partial charge in [0.1, 0.15) is 17.6 Å². The Bertz CT molecular complexity index is 1090. The van der Waals surface area contributed by atoms with Crippen molar-refractivity contribution in [3.05, 3.63) is 108 Å². The third-order valence-corrected chi connectivity index (χ3v) is 4.41. The summed E-state index contributed by atoms with van der Waals surface area (Å²) in [6.45, 7) is 1.82. The summed E-state index contributed by atoms with van der Waals surface area (Å²) in [5.74, 6) is -0.0790. The van der Waals surface area contributed by atoms with Gasteiger partial charge in [-0.2, -0.15) is 5.10 Å². The van der Waals surface area contributed by atoms with E-state index in [1.807, 2.05) is 43.3 Å². The van der Waals surface area contributed by atoms with Gasteiger partial charge in [-0.25, -0.2) is 9.07 Å². The Labute approximate surface area is 161 Å². The maximum atomic E-state index is 13.5. The number of amides is 1. The SMILES string of the molecule is Cc1cc(C(=O)NC(c2ccccc2)c2ccco2)nn1-c1cccc(F)c1. The number of benzene rings is 2. The molecule has 4 rings (SSSR count). The summed E-state index contributed by atoms with van der Waals surface area (Å²) in [4.78, 5) is 12.9. The molecule has 4 aromatic rings. The van der Waals surface area contributed by atoms with E-state index in [0.29, 0.717) is 11.4 Å². The highest BCUT2D eigenvalue weighted by Crippen LogP contribution is 2.23. The zero-order chi connectivity index (χ0) is 19.5. The second kappa shape index (κ2) is 7.52. The van der Waals surface area contributed by atoms with Gasteiger partial charge in [0.2, 0.25) is 0 Å². The molecule has 1 N–H and O–H groups in total. The van der Waals surface area contributed by atoms with Gasteiger partial charge in [0.05, 0.1) is 12.0 Å². The number of carbonyl (C=O) groups is 1. The molecule has 0 aliphatic carbocycles. The van der Waals surface area contributed by atoms with Gasteiger partial charge in [-0.15, -0.1) is 0 Å². The van der Waals surface area contributed by atoms with Crippen molar-refractivity contribution in [2.75, 3.05) is 0 Å². The van der Waals surface area contributed by atoms with Gasteiger partial charge >= 0.3 is 0 Å². The van der Waals surface area contributed by atoms with E-state index in [-0.39, 0.29) is 17.4 Å². The molecule has 6 heteroatoms. The summed E-state index contributed by atoms with van der Waals surface area (Å²) in [6, 6.07) is 20.5. The number of rotatable bonds is 5. The average Bonchev–Trinajstić information content (AvgIpc) is 3.36. The summed E-state index contributed by atoms with van der Waals surface area (Å²) in [5, 5.41) is 7.33. The van der Waals surface area contributed by atoms with Crippen molar-refractivity contribution in [3.8, 4) is 5.69 Å². The van der Waals surface area contributed by atoms with E-state index in [2.05, 4.69) is 10.4 Å². The molecular weight excluding hydrogens is 357 g/mol. The van der Waals surface area contributed by atoms with E-state index < -0.39 is 6.04 Å². The molecule has 0 aliphatic rings. The van der Waals surface area contributed by atoms with Gasteiger partial charge in [0.25, 0.3) is 5.91 Å². The van der Waals surface area contributed by atoms with Crippen LogP contribution in [0.2, 0.25) is 0 Å². The van der Waals surface area contributed by atoms with Crippen molar-refractivity contribution in [1.82, 2.24) is 15.1 Å². The summed E-state index contributed by atoms with van der Waals surface area (Å²) in [7, 11) is 0. The highest BCUT2D eigenvalue weighted by molar-refractivity contribution is 5.93. The molecule has 1 amide bonds. The third kappa shape index (κ3) is 3.57. The van der Waals surface area contributed by atoms with Crippen LogP contribution in [0.5, 0.6) is 0 Å². The first kappa shape index (κ1) is 17.7. The van der Waals surface area contributed by atoms with E-state index in [1.54, 1.807) is 35.2 Å². The maximum absolute atomic E-state index is 13.5. The Morgan fingerprint density at radius 2 is 1.89 bits per heavy atom. The fourth-order valence-corrected chi connectivity index (χ4v) is 3.08. The minimum atomic E-state index is -0.441. The Morgan fingerprint density at radius 3 is 2.61 bits per heavy atom. The van der Waals surface area contributed by atoms with Gasteiger partial charge in [-0.05, 0) is 48.9 Å². The quantitative estimate of drug-likeness (QED) is 0.561. The molecule has 0 spiro atoms. The number of furan rings is 1. The number of hydrogen-bond donors (Lipinski definition) is 1. The lowest BCUT2D eigenvalue weighted by atomic mass is 10.0. The summed E-state index contributed by atoms with van der Waals surface area (Å²) in [6.07, 6.45) is 1.57. The van der Waals surface area contributed by atoms with E-state index in [1.165, 1.54) is 12.1 Å². The molecule has 2 aromatic carbocycles. The minimum Gasteiger partial charge on any atom is -0.467 e. The fourth-order valence-electron chi connectivity index (χ4n) is 3.08. The van der Waals surface area contributed by atoms with Crippen LogP contribution in [0.4, 0.5) is 4.39 Å². The predicted molar refractivity (Wildman–Crippen MR) is 103 cm³/mol. The normalized spacial score (nSPS) is 11.9. The summed E-state index contributed by atoms with van der Waals surface area (Å²) in [5.41, 5.74) is 2.42. The summed E-state index contributed by atoms with van der Waals surface area (Å²) < 4.78 is 20.6. The number of nitrogens with zero attached hydrogens (tertiary/aromatic N) is 2. The van der Waals surface area contributed by atoms with Crippen LogP contribution in [0.25, 0.3) is 5.69 Å². The largest absolute Gasteiger partial charge is 0.467 e. The zero-order valence-corrected chi connectivity index (χ0v) is 15.2. The Balaban J connectivity index is 1.63. The number of aromatic nitrogens is 2. The van der Waals surface area contributed by atoms with Gasteiger partial charge in [0.15, 0.2) is 5.69 Å². The molecule has 28 heavy (non-hydrogen) atoms. The number of aryl methyl sites for hydroxylation is 1. The lowest BCUT2D eigenvalue weighted by Gasteiger charge is -2.16. The molecule has 0 fully saturated rings. The molecule has 1 atom stereocenters. The van der Waals surface area contributed by atoms with Crippen LogP contribution in [-0.2, 0) is 0 Å². The highest BCUT2D eigenvalue weighted by atomic mass is 19.1. The van der Waals surface area contributed by atoms with Gasteiger partial charge in [-0.3, -0.25) is 4.79 Å². The van der Waals surface area contributed by atoms with E-state index in [0.717, 1.165) is 11.3 Å². The first-order chi connectivity index (χ1) is 13.6. The summed E-state index contributed by atoms with van der Waals surface area (Å²) >= 11 is 0. The Morgan fingerprint density at radius 1 is 1.07 bits per heavy atom. The van der Waals surface area contributed by atoms with Crippen molar-refractivity contribution in [2.24, 2.45) is 0 Å². The monoisotopic (exact) mass is 375 g/mol. The highest BCUT2D eigenvalue weighted by Gasteiger charge is 2.22. The maximum Gasteiger partial charge on any atom is 0.272 e. The van der Waals surface area contributed by atoms with Crippen LogP contribution in [0.3, 0.4) is 0 Å². The van der Waals surface area contributed by atoms with Crippen molar-refractivity contribution in [3.63, 3.8) is 0 Å². The van der Waals surface area contributed by atoms with Crippen LogP contribution < -0.4 is 5.32 Å². The molecule has 2 aromatic heterocycles. The molecule has 1 unspecified atom stereocenters. The fraction of sp³-hybridized carbons (Fsp3) is 0.0909. The van der Waals surface area contributed by atoms with E-state index >= 15 is 0 Å². The average molecular weight is 375 g/mol. The van der Waals surface area contributed by atoms with E-state index in [9.17, 15) is 9.18 Å².